The molecule has 0 aliphatic heterocycles. The minimum atomic E-state index is -0.587. The minimum absolute atomic E-state index is 0.0537. The van der Waals surface area contributed by atoms with Gasteiger partial charge in [-0.15, -0.1) is 0 Å². The fourth-order valence-electron chi connectivity index (χ4n) is 3.39. The Morgan fingerprint density at radius 3 is 2.72 bits per heavy atom. The van der Waals surface area contributed by atoms with Gasteiger partial charge in [-0.2, -0.15) is 0 Å². The second kappa shape index (κ2) is 12.0. The number of aryl methyl sites for hydroxylation is 1. The second-order valence-corrected chi connectivity index (χ2v) is 8.29. The largest absolute Gasteiger partial charge is 0.492 e. The van der Waals surface area contributed by atoms with Crippen LogP contribution in [0, 0.1) is 12.8 Å². The number of H-pyrrole nitrogens is 1. The van der Waals surface area contributed by atoms with E-state index in [1.807, 2.05) is 52.0 Å². The number of nitrogens with two attached hydrogens (primary N) is 1. The van der Waals surface area contributed by atoms with Gasteiger partial charge in [-0.25, -0.2) is 4.79 Å². The molecule has 0 unspecified atom stereocenters. The molecule has 0 bridgehead atoms. The number of ether oxygens (including phenoxy) is 1. The molecule has 0 aliphatic carbocycles. The Balaban J connectivity index is 2.09. The van der Waals surface area contributed by atoms with E-state index in [0.717, 1.165) is 24.2 Å². The zero-order valence-electron chi connectivity index (χ0n) is 19.4. The summed E-state index contributed by atoms with van der Waals surface area (Å²) in [5.74, 6) is 0.739. The first-order chi connectivity index (χ1) is 15.2. The number of nitrogens with zero attached hydrogens (tertiary/aromatic N) is 2. The molecule has 9 heteroatoms. The van der Waals surface area contributed by atoms with Crippen molar-refractivity contribution in [1.29, 1.82) is 0 Å². The van der Waals surface area contributed by atoms with Gasteiger partial charge in [-0.1, -0.05) is 39.3 Å². The zero-order valence-corrected chi connectivity index (χ0v) is 19.4. The molecule has 0 atom stereocenters. The van der Waals surface area contributed by atoms with Gasteiger partial charge >= 0.3 is 5.69 Å². The lowest BCUT2D eigenvalue weighted by atomic mass is 10.2. The quantitative estimate of drug-likeness (QED) is 0.429. The lowest BCUT2D eigenvalue weighted by Gasteiger charge is -2.27. The average Bonchev–Trinajstić information content (AvgIpc) is 2.70. The number of amides is 1. The number of aromatic nitrogens is 2. The Morgan fingerprint density at radius 1 is 1.31 bits per heavy atom. The molecule has 0 saturated carbocycles. The van der Waals surface area contributed by atoms with E-state index < -0.39 is 11.2 Å². The van der Waals surface area contributed by atoms with E-state index in [9.17, 15) is 14.4 Å². The molecule has 176 valence electrons. The van der Waals surface area contributed by atoms with Gasteiger partial charge in [0.1, 0.15) is 23.9 Å². The molecule has 4 N–H and O–H groups in total. The van der Waals surface area contributed by atoms with Gasteiger partial charge in [0, 0.05) is 13.1 Å². The Hall–Kier alpha value is -3.23. The molecular weight excluding hydrogens is 410 g/mol. The lowest BCUT2D eigenvalue weighted by molar-refractivity contribution is -0.119. The average molecular weight is 446 g/mol. The van der Waals surface area contributed by atoms with Crippen LogP contribution in [0.3, 0.4) is 0 Å². The predicted molar refractivity (Wildman–Crippen MR) is 127 cm³/mol. The van der Waals surface area contributed by atoms with Crippen molar-refractivity contribution in [2.45, 2.75) is 47.1 Å². The topological polar surface area (TPSA) is 122 Å². The van der Waals surface area contributed by atoms with E-state index >= 15 is 0 Å². The van der Waals surface area contributed by atoms with Gasteiger partial charge in [0.15, 0.2) is 0 Å². The van der Waals surface area contributed by atoms with E-state index in [0.29, 0.717) is 26.2 Å². The number of aromatic amines is 1. The normalized spacial score (nSPS) is 10.9. The van der Waals surface area contributed by atoms with Crippen molar-refractivity contribution in [3.63, 3.8) is 0 Å². The number of nitrogens with one attached hydrogen (secondary N) is 2. The molecule has 1 aromatic heterocycles. The summed E-state index contributed by atoms with van der Waals surface area (Å²) in [4.78, 5) is 41.4. The van der Waals surface area contributed by atoms with Crippen LogP contribution in [0.25, 0.3) is 0 Å². The summed E-state index contributed by atoms with van der Waals surface area (Å²) in [6.07, 6.45) is 1.63. The number of benzene rings is 1. The maximum absolute atomic E-state index is 12.6. The standard InChI is InChI=1S/C23H35N5O4/c1-5-6-11-28-21(24)20(22(30)26-23(28)31)27(14-16(2)3)15-19(29)25-10-12-32-18-9-7-8-17(4)13-18/h7-9,13,16H,5-6,10-12,14-15,24H2,1-4H3,(H,25,29)(H,26,30,31). The van der Waals surface area contributed by atoms with E-state index in [2.05, 4.69) is 10.3 Å². The van der Waals surface area contributed by atoms with E-state index in [-0.39, 0.29) is 29.9 Å². The number of nitrogen functional groups attached to an aromatic ring is 1. The highest BCUT2D eigenvalue weighted by Gasteiger charge is 2.21. The van der Waals surface area contributed by atoms with Crippen LogP contribution in [0.1, 0.15) is 39.2 Å². The van der Waals surface area contributed by atoms with Gasteiger partial charge in [-0.05, 0) is 37.0 Å². The summed E-state index contributed by atoms with van der Waals surface area (Å²) in [5, 5.41) is 2.81. The first-order valence-corrected chi connectivity index (χ1v) is 11.1. The minimum Gasteiger partial charge on any atom is -0.492 e. The number of anilines is 2. The van der Waals surface area contributed by atoms with Crippen molar-refractivity contribution in [3.05, 3.63) is 50.7 Å². The summed E-state index contributed by atoms with van der Waals surface area (Å²) in [6, 6.07) is 7.68. The van der Waals surface area contributed by atoms with Crippen molar-refractivity contribution in [1.82, 2.24) is 14.9 Å². The molecule has 0 spiro atoms. The highest BCUT2D eigenvalue weighted by Crippen LogP contribution is 2.18. The van der Waals surface area contributed by atoms with Gasteiger partial charge in [0.05, 0.1) is 13.1 Å². The second-order valence-electron chi connectivity index (χ2n) is 8.29. The lowest BCUT2D eigenvalue weighted by Crippen LogP contribution is -2.44. The van der Waals surface area contributed by atoms with Gasteiger partial charge < -0.3 is 20.7 Å². The number of rotatable bonds is 12. The molecule has 1 aromatic carbocycles. The third-order valence-electron chi connectivity index (χ3n) is 4.87. The third-order valence-corrected chi connectivity index (χ3v) is 4.87. The van der Waals surface area contributed by atoms with E-state index in [4.69, 9.17) is 10.5 Å². The van der Waals surface area contributed by atoms with Crippen LogP contribution >= 0.6 is 0 Å². The van der Waals surface area contributed by atoms with E-state index in [1.165, 1.54) is 4.57 Å². The van der Waals surface area contributed by atoms with Gasteiger partial charge in [0.2, 0.25) is 5.91 Å². The monoisotopic (exact) mass is 445 g/mol. The Kier molecular flexibility index (Phi) is 9.37. The van der Waals surface area contributed by atoms with Gasteiger partial charge in [-0.3, -0.25) is 19.1 Å². The first kappa shape index (κ1) is 25.0. The third kappa shape index (κ3) is 7.18. The van der Waals surface area contributed by atoms with Crippen molar-refractivity contribution < 1.29 is 9.53 Å². The summed E-state index contributed by atoms with van der Waals surface area (Å²) in [5.41, 5.74) is 6.35. The molecule has 1 amide bonds. The number of carbonyl (C=O) groups is 1. The number of unbranched alkanes of at least 4 members (excludes halogenated alkanes) is 1. The van der Waals surface area contributed by atoms with Crippen LogP contribution in [0.4, 0.5) is 11.5 Å². The number of hydrogen-bond acceptors (Lipinski definition) is 6. The highest BCUT2D eigenvalue weighted by atomic mass is 16.5. The van der Waals surface area contributed by atoms with Crippen molar-refractivity contribution >= 4 is 17.4 Å². The molecule has 0 saturated heterocycles. The predicted octanol–water partition coefficient (Wildman–Crippen LogP) is 1.88. The summed E-state index contributed by atoms with van der Waals surface area (Å²) in [7, 11) is 0. The molecule has 0 fully saturated rings. The molecular formula is C23H35N5O4. The smallest absolute Gasteiger partial charge is 0.330 e. The maximum Gasteiger partial charge on any atom is 0.330 e. The Morgan fingerprint density at radius 2 is 2.06 bits per heavy atom. The van der Waals surface area contributed by atoms with Crippen LogP contribution in [0.5, 0.6) is 5.75 Å². The molecule has 1 heterocycles. The Labute approximate surface area is 188 Å². The first-order valence-electron chi connectivity index (χ1n) is 11.1. The summed E-state index contributed by atoms with van der Waals surface area (Å²) in [6.45, 7) is 9.39. The maximum atomic E-state index is 12.6. The SMILES string of the molecule is CCCCn1c(N)c(N(CC(=O)NCCOc2cccc(C)c2)CC(C)C)c(=O)[nH]c1=O. The van der Waals surface area contributed by atoms with E-state index in [1.54, 1.807) is 4.90 Å². The number of carbonyl (C=O) groups excluding carboxylic acids is 1. The molecule has 0 radical (unpaired) electrons. The van der Waals surface area contributed by atoms with Crippen LogP contribution < -0.4 is 31.9 Å². The fraction of sp³-hybridized carbons (Fsp3) is 0.522. The highest BCUT2D eigenvalue weighted by molar-refractivity contribution is 5.82. The molecule has 32 heavy (non-hydrogen) atoms. The number of hydrogen-bond donors (Lipinski definition) is 3. The van der Waals surface area contributed by atoms with Crippen molar-refractivity contribution in [2.75, 3.05) is 36.9 Å². The van der Waals surface area contributed by atoms with Gasteiger partial charge in [0.25, 0.3) is 5.56 Å². The van der Waals surface area contributed by atoms with Crippen LogP contribution in [0.15, 0.2) is 33.9 Å². The van der Waals surface area contributed by atoms with Crippen molar-refractivity contribution in [3.8, 4) is 5.75 Å². The molecule has 2 aromatic rings. The fourth-order valence-corrected chi connectivity index (χ4v) is 3.39. The van der Waals surface area contributed by atoms with Crippen LogP contribution in [0.2, 0.25) is 0 Å². The molecule has 0 aliphatic rings. The summed E-state index contributed by atoms with van der Waals surface area (Å²) < 4.78 is 7.02. The van der Waals surface area contributed by atoms with Crippen LogP contribution in [-0.4, -0.2) is 41.7 Å². The van der Waals surface area contributed by atoms with Crippen LogP contribution in [-0.2, 0) is 11.3 Å². The van der Waals surface area contributed by atoms with Crippen molar-refractivity contribution in [2.24, 2.45) is 5.92 Å². The summed E-state index contributed by atoms with van der Waals surface area (Å²) >= 11 is 0. The Bertz CT molecular complexity index is 1010. The molecule has 9 nitrogen and oxygen atoms in total. The molecule has 2 rings (SSSR count). The zero-order chi connectivity index (χ0) is 23.7.